The van der Waals surface area contributed by atoms with Crippen LogP contribution in [-0.2, 0) is 50.3 Å². The Kier molecular flexibility index (Phi) is 13.9. The van der Waals surface area contributed by atoms with Crippen molar-refractivity contribution in [3.63, 3.8) is 0 Å². The summed E-state index contributed by atoms with van der Waals surface area (Å²) in [5.41, 5.74) is 5.47. The third-order valence-corrected chi connectivity index (χ3v) is 10.3. The maximum Gasteiger partial charge on any atom is 0.338 e. The number of benzene rings is 5. The maximum atomic E-state index is 13.9. The Morgan fingerprint density at radius 3 is 1.28 bits per heavy atom. The van der Waals surface area contributed by atoms with Crippen molar-refractivity contribution in [2.75, 3.05) is 0 Å². The van der Waals surface area contributed by atoms with E-state index < -0.39 is 18.2 Å². The summed E-state index contributed by atoms with van der Waals surface area (Å²) in [6.45, 7) is 0.809. The molecule has 0 aromatic heterocycles. The van der Waals surface area contributed by atoms with E-state index in [-0.39, 0.29) is 17.8 Å². The number of hydrogen-bond donors (Lipinski definition) is 0. The number of rotatable bonds is 18. The predicted octanol–water partition coefficient (Wildman–Crippen LogP) is 9.48. The Hall–Kier alpha value is -3.81. The molecule has 5 aromatic rings. The lowest BCUT2D eigenvalue weighted by molar-refractivity contribution is -0.172. The van der Waals surface area contributed by atoms with Gasteiger partial charge >= 0.3 is 5.97 Å². The van der Waals surface area contributed by atoms with Crippen molar-refractivity contribution < 1.29 is 19.0 Å². The monoisotopic (exact) mass is 648 g/mol. The molecule has 5 rings (SSSR count). The molecule has 0 saturated heterocycles. The minimum atomic E-state index is -0.912. The zero-order chi connectivity index (χ0) is 31.7. The number of carbonyl (C=O) groups is 1. The van der Waals surface area contributed by atoms with E-state index in [1.54, 1.807) is 0 Å². The molecule has 0 radical (unpaired) electrons. The lowest BCUT2D eigenvalue weighted by atomic mass is 10.1. The van der Waals surface area contributed by atoms with Gasteiger partial charge in [-0.1, -0.05) is 152 Å². The third kappa shape index (κ3) is 11.5. The van der Waals surface area contributed by atoms with Crippen LogP contribution >= 0.6 is 23.5 Å². The van der Waals surface area contributed by atoms with Crippen LogP contribution < -0.4 is 0 Å². The molecule has 0 fully saturated rings. The molecule has 0 aliphatic heterocycles. The molecule has 236 valence electrons. The van der Waals surface area contributed by atoms with Crippen LogP contribution in [0.4, 0.5) is 0 Å². The molecule has 0 N–H and O–H groups in total. The second-order valence-corrected chi connectivity index (χ2v) is 13.6. The highest BCUT2D eigenvalue weighted by Gasteiger charge is 2.34. The van der Waals surface area contributed by atoms with Crippen LogP contribution in [0.15, 0.2) is 152 Å². The van der Waals surface area contributed by atoms with Crippen molar-refractivity contribution in [3.05, 3.63) is 179 Å². The third-order valence-electron chi connectivity index (χ3n) is 7.36. The van der Waals surface area contributed by atoms with Gasteiger partial charge in [-0.15, -0.1) is 23.5 Å². The summed E-state index contributed by atoms with van der Waals surface area (Å²) in [4.78, 5) is 13.9. The fraction of sp³-hybridized carbons (Fsp3) is 0.225. The van der Waals surface area contributed by atoms with Crippen LogP contribution in [0, 0.1) is 0 Å². The summed E-state index contributed by atoms with van der Waals surface area (Å²) in [7, 11) is 0. The van der Waals surface area contributed by atoms with Crippen LogP contribution in [-0.4, -0.2) is 22.8 Å². The molecule has 4 nitrogen and oxygen atoms in total. The van der Waals surface area contributed by atoms with Crippen LogP contribution in [0.5, 0.6) is 0 Å². The Bertz CT molecular complexity index is 1490. The minimum Gasteiger partial charge on any atom is -0.459 e. The van der Waals surface area contributed by atoms with E-state index in [9.17, 15) is 4.79 Å². The van der Waals surface area contributed by atoms with E-state index in [0.717, 1.165) is 28.2 Å². The van der Waals surface area contributed by atoms with Crippen molar-refractivity contribution in [2.24, 2.45) is 0 Å². The van der Waals surface area contributed by atoms with Gasteiger partial charge in [0, 0.05) is 11.5 Å². The number of thioether (sulfide) groups is 2. The van der Waals surface area contributed by atoms with E-state index in [0.29, 0.717) is 13.0 Å². The van der Waals surface area contributed by atoms with Gasteiger partial charge in [0.2, 0.25) is 0 Å². The number of esters is 1. The molecule has 0 aliphatic carbocycles. The topological polar surface area (TPSA) is 44.8 Å². The molecule has 0 heterocycles. The van der Waals surface area contributed by atoms with Gasteiger partial charge in [-0.3, -0.25) is 0 Å². The minimum absolute atomic E-state index is 0.130. The van der Waals surface area contributed by atoms with Gasteiger partial charge in [0.05, 0.1) is 23.9 Å². The van der Waals surface area contributed by atoms with Crippen molar-refractivity contribution >= 4 is 29.5 Å². The number of carbonyl (C=O) groups excluding carboxylic acids is 1. The van der Waals surface area contributed by atoms with Gasteiger partial charge in [-0.25, -0.2) is 4.79 Å². The zero-order valence-electron chi connectivity index (χ0n) is 25.9. The average Bonchev–Trinajstić information content (AvgIpc) is 3.12. The molecule has 0 amide bonds. The van der Waals surface area contributed by atoms with Crippen molar-refractivity contribution in [1.82, 2.24) is 0 Å². The van der Waals surface area contributed by atoms with Crippen LogP contribution in [0.1, 0.15) is 34.2 Å². The lowest BCUT2D eigenvalue weighted by Crippen LogP contribution is -2.41. The smallest absolute Gasteiger partial charge is 0.338 e. The predicted molar refractivity (Wildman–Crippen MR) is 190 cm³/mol. The molecule has 6 heteroatoms. The summed E-state index contributed by atoms with van der Waals surface area (Å²) in [6, 6.07) is 50.7. The molecular weight excluding hydrogens is 609 g/mol. The number of hydrogen-bond acceptors (Lipinski definition) is 6. The van der Waals surface area contributed by atoms with Gasteiger partial charge in [0.15, 0.2) is 6.10 Å². The molecule has 0 saturated carbocycles. The van der Waals surface area contributed by atoms with E-state index in [4.69, 9.17) is 14.2 Å². The molecular formula is C40H40O4S2. The Morgan fingerprint density at radius 1 is 0.478 bits per heavy atom. The Balaban J connectivity index is 1.39. The fourth-order valence-corrected chi connectivity index (χ4v) is 7.44. The van der Waals surface area contributed by atoms with Crippen molar-refractivity contribution in [1.29, 1.82) is 0 Å². The standard InChI is InChI=1S/C40H40O4S2/c41-40(44-29-34-20-10-3-11-21-34)39(43-28-33-18-8-2-9-19-33)37(42-27-32-16-6-1-7-17-32)26-38(45-30-35-22-12-4-13-23-35)46-31-36-24-14-5-15-25-36/h1-25,37-39H,26-31H2/t37-,39-/m1/s1. The van der Waals surface area contributed by atoms with Crippen LogP contribution in [0.2, 0.25) is 0 Å². The van der Waals surface area contributed by atoms with Crippen molar-refractivity contribution in [3.8, 4) is 0 Å². The summed E-state index contributed by atoms with van der Waals surface area (Å²) in [5, 5.41) is 0. The highest BCUT2D eigenvalue weighted by atomic mass is 32.2. The fourth-order valence-electron chi connectivity index (χ4n) is 4.86. The van der Waals surface area contributed by atoms with Gasteiger partial charge < -0.3 is 14.2 Å². The zero-order valence-corrected chi connectivity index (χ0v) is 27.5. The highest BCUT2D eigenvalue weighted by molar-refractivity contribution is 8.16. The molecule has 0 spiro atoms. The maximum absolute atomic E-state index is 13.9. The number of ether oxygens (including phenoxy) is 3. The molecule has 46 heavy (non-hydrogen) atoms. The van der Waals surface area contributed by atoms with Crippen molar-refractivity contribution in [2.45, 2.75) is 54.5 Å². The molecule has 0 unspecified atom stereocenters. The average molecular weight is 649 g/mol. The summed E-state index contributed by atoms with van der Waals surface area (Å²) in [6.07, 6.45) is -0.852. The first-order chi connectivity index (χ1) is 22.7. The first-order valence-electron chi connectivity index (χ1n) is 15.6. The summed E-state index contributed by atoms with van der Waals surface area (Å²) < 4.78 is 19.1. The quantitative estimate of drug-likeness (QED) is 0.0697. The van der Waals surface area contributed by atoms with Gasteiger partial charge in [0.1, 0.15) is 6.61 Å². The van der Waals surface area contributed by atoms with E-state index in [2.05, 4.69) is 48.5 Å². The molecule has 0 bridgehead atoms. The lowest BCUT2D eigenvalue weighted by Gasteiger charge is -2.29. The first-order valence-corrected chi connectivity index (χ1v) is 17.7. The van der Waals surface area contributed by atoms with Gasteiger partial charge in [-0.2, -0.15) is 0 Å². The summed E-state index contributed by atoms with van der Waals surface area (Å²) in [5.74, 6) is 1.29. The Labute approximate surface area is 281 Å². The van der Waals surface area contributed by atoms with E-state index in [1.165, 1.54) is 11.1 Å². The van der Waals surface area contributed by atoms with Gasteiger partial charge in [-0.05, 0) is 34.2 Å². The normalized spacial score (nSPS) is 12.5. The molecule has 5 aromatic carbocycles. The second-order valence-electron chi connectivity index (χ2n) is 10.9. The van der Waals surface area contributed by atoms with E-state index in [1.807, 2.05) is 127 Å². The summed E-state index contributed by atoms with van der Waals surface area (Å²) >= 11 is 3.75. The van der Waals surface area contributed by atoms with Crippen LogP contribution in [0.3, 0.4) is 0 Å². The van der Waals surface area contributed by atoms with Gasteiger partial charge in [0.25, 0.3) is 0 Å². The Morgan fingerprint density at radius 2 is 0.848 bits per heavy atom. The van der Waals surface area contributed by atoms with Crippen LogP contribution in [0.25, 0.3) is 0 Å². The largest absolute Gasteiger partial charge is 0.459 e. The molecule has 2 atom stereocenters. The molecule has 0 aliphatic rings. The van der Waals surface area contributed by atoms with E-state index >= 15 is 0 Å². The second kappa shape index (κ2) is 19.0. The first kappa shape index (κ1) is 33.6. The highest BCUT2D eigenvalue weighted by Crippen LogP contribution is 2.35. The SMILES string of the molecule is O=C(OCc1ccccc1)[C@H](OCc1ccccc1)[C@@H](CC(SCc1ccccc1)SCc1ccccc1)OCc1ccccc1.